The van der Waals surface area contributed by atoms with Crippen molar-refractivity contribution in [3.63, 3.8) is 0 Å². The standard InChI is InChI=1S/C5H5NO2S.K/c1-3-6-2-4(9-3)5(7)8;/h2H,1H3,(H,7,8);/q;+1/p-1. The number of carboxylic acids is 1. The fraction of sp³-hybridized carbons (Fsp3) is 0.200. The monoisotopic (exact) mass is 181 g/mol. The molecule has 1 aromatic rings. The molecular formula is C5H4KNO2S. The largest absolute Gasteiger partial charge is 1.00 e. The topological polar surface area (TPSA) is 53.0 Å². The zero-order chi connectivity index (χ0) is 6.85. The molecule has 1 aromatic heterocycles. The average molecular weight is 181 g/mol. The number of carbonyl (C=O) groups excluding carboxylic acids is 1. The van der Waals surface area contributed by atoms with E-state index in [1.54, 1.807) is 6.92 Å². The minimum absolute atomic E-state index is 0. The van der Waals surface area contributed by atoms with Crippen LogP contribution in [0.4, 0.5) is 0 Å². The summed E-state index contributed by atoms with van der Waals surface area (Å²) in [6.07, 6.45) is 1.30. The Morgan fingerprint density at radius 2 is 2.40 bits per heavy atom. The third-order valence-corrected chi connectivity index (χ3v) is 1.72. The summed E-state index contributed by atoms with van der Waals surface area (Å²) in [5.74, 6) is -1.15. The Morgan fingerprint density at radius 3 is 2.60 bits per heavy atom. The maximum atomic E-state index is 10.1. The van der Waals surface area contributed by atoms with Gasteiger partial charge in [-0.1, -0.05) is 0 Å². The Labute approximate surface area is 105 Å². The molecule has 1 heterocycles. The van der Waals surface area contributed by atoms with Crippen LogP contribution in [0.1, 0.15) is 14.7 Å². The molecule has 0 aliphatic carbocycles. The number of hydrogen-bond acceptors (Lipinski definition) is 4. The number of thiazole rings is 1. The first kappa shape index (κ1) is 10.7. The molecule has 0 saturated heterocycles. The molecule has 5 heteroatoms. The molecule has 0 aliphatic heterocycles. The van der Waals surface area contributed by atoms with Crippen molar-refractivity contribution in [2.75, 3.05) is 0 Å². The smallest absolute Gasteiger partial charge is 0.544 e. The van der Waals surface area contributed by atoms with Gasteiger partial charge in [-0.2, -0.15) is 0 Å². The summed E-state index contributed by atoms with van der Waals surface area (Å²) in [5.41, 5.74) is 0. The predicted molar refractivity (Wildman–Crippen MR) is 31.2 cm³/mol. The Balaban J connectivity index is 0.000000810. The molecule has 0 radical (unpaired) electrons. The first-order valence-electron chi connectivity index (χ1n) is 2.34. The molecule has 0 atom stereocenters. The normalized spacial score (nSPS) is 8.50. The van der Waals surface area contributed by atoms with E-state index < -0.39 is 5.97 Å². The molecule has 0 aromatic carbocycles. The molecule has 1 rings (SSSR count). The summed E-state index contributed by atoms with van der Waals surface area (Å²) < 4.78 is 0. The van der Waals surface area contributed by atoms with E-state index in [0.717, 1.165) is 16.3 Å². The van der Waals surface area contributed by atoms with E-state index in [2.05, 4.69) is 4.98 Å². The van der Waals surface area contributed by atoms with E-state index in [0.29, 0.717) is 0 Å². The first-order chi connectivity index (χ1) is 4.20. The number of rotatable bonds is 1. The fourth-order valence-corrected chi connectivity index (χ4v) is 1.07. The van der Waals surface area contributed by atoms with Crippen LogP contribution in [0.3, 0.4) is 0 Å². The molecule has 0 spiro atoms. The third-order valence-electron chi connectivity index (χ3n) is 0.822. The quantitative estimate of drug-likeness (QED) is 0.429. The van der Waals surface area contributed by atoms with Crippen molar-refractivity contribution in [1.82, 2.24) is 4.98 Å². The van der Waals surface area contributed by atoms with Gasteiger partial charge in [-0.05, 0) is 6.92 Å². The molecule has 0 fully saturated rings. The average Bonchev–Trinajstić information content (AvgIpc) is 2.14. The van der Waals surface area contributed by atoms with Crippen LogP contribution < -0.4 is 56.5 Å². The van der Waals surface area contributed by atoms with Crippen LogP contribution in [0.25, 0.3) is 0 Å². The van der Waals surface area contributed by atoms with Crippen LogP contribution in [-0.4, -0.2) is 11.0 Å². The van der Waals surface area contributed by atoms with Gasteiger partial charge >= 0.3 is 51.4 Å². The zero-order valence-corrected chi connectivity index (χ0v) is 9.69. The second kappa shape index (κ2) is 4.58. The van der Waals surface area contributed by atoms with E-state index in [4.69, 9.17) is 0 Å². The third kappa shape index (κ3) is 2.77. The van der Waals surface area contributed by atoms with E-state index in [1.807, 2.05) is 0 Å². The summed E-state index contributed by atoms with van der Waals surface area (Å²) in [6, 6.07) is 0. The van der Waals surface area contributed by atoms with Crippen LogP contribution >= 0.6 is 11.3 Å². The van der Waals surface area contributed by atoms with Gasteiger partial charge in [0.25, 0.3) is 0 Å². The van der Waals surface area contributed by atoms with Crippen molar-refractivity contribution < 1.29 is 61.3 Å². The summed E-state index contributed by atoms with van der Waals surface area (Å²) >= 11 is 1.12. The minimum atomic E-state index is -1.15. The fourth-order valence-electron chi connectivity index (χ4n) is 0.456. The van der Waals surface area contributed by atoms with Crippen molar-refractivity contribution in [3.8, 4) is 0 Å². The van der Waals surface area contributed by atoms with E-state index in [9.17, 15) is 9.90 Å². The molecule has 3 nitrogen and oxygen atoms in total. The molecule has 48 valence electrons. The van der Waals surface area contributed by atoms with E-state index in [-0.39, 0.29) is 56.3 Å². The number of nitrogens with zero attached hydrogens (tertiary/aromatic N) is 1. The van der Waals surface area contributed by atoms with E-state index in [1.165, 1.54) is 6.20 Å². The van der Waals surface area contributed by atoms with Crippen molar-refractivity contribution in [2.45, 2.75) is 6.92 Å². The Hall–Kier alpha value is 0.736. The van der Waals surface area contributed by atoms with Gasteiger partial charge < -0.3 is 9.90 Å². The van der Waals surface area contributed by atoms with Crippen molar-refractivity contribution in [2.24, 2.45) is 0 Å². The van der Waals surface area contributed by atoms with Crippen molar-refractivity contribution in [3.05, 3.63) is 16.1 Å². The van der Waals surface area contributed by atoms with Gasteiger partial charge in [0.05, 0.1) is 15.9 Å². The maximum Gasteiger partial charge on any atom is 1.00 e. The molecule has 0 amide bonds. The summed E-state index contributed by atoms with van der Waals surface area (Å²) in [7, 11) is 0. The van der Waals surface area contributed by atoms with Gasteiger partial charge in [0.2, 0.25) is 0 Å². The Morgan fingerprint density at radius 1 is 1.80 bits per heavy atom. The second-order valence-electron chi connectivity index (χ2n) is 1.53. The predicted octanol–water partition coefficient (Wildman–Crippen LogP) is -3.18. The number of aromatic carboxylic acids is 1. The zero-order valence-electron chi connectivity index (χ0n) is 5.75. The molecule has 10 heavy (non-hydrogen) atoms. The number of hydrogen-bond donors (Lipinski definition) is 0. The summed E-state index contributed by atoms with van der Waals surface area (Å²) in [4.78, 5) is 14.0. The van der Waals surface area contributed by atoms with Crippen molar-refractivity contribution >= 4 is 17.3 Å². The minimum Gasteiger partial charge on any atom is -0.544 e. The van der Waals surface area contributed by atoms with Crippen LogP contribution in [0.5, 0.6) is 0 Å². The van der Waals surface area contributed by atoms with Crippen LogP contribution in [0.15, 0.2) is 6.20 Å². The Bertz CT molecular complexity index is 235. The SMILES string of the molecule is Cc1ncc(C(=O)[O-])s1.[K+]. The van der Waals surface area contributed by atoms with Crippen LogP contribution in [-0.2, 0) is 0 Å². The molecule has 0 N–H and O–H groups in total. The van der Waals surface area contributed by atoms with E-state index >= 15 is 0 Å². The molecule has 0 bridgehead atoms. The molecular weight excluding hydrogens is 177 g/mol. The second-order valence-corrected chi connectivity index (χ2v) is 2.77. The number of aromatic nitrogens is 1. The van der Waals surface area contributed by atoms with Crippen LogP contribution in [0.2, 0.25) is 0 Å². The summed E-state index contributed by atoms with van der Waals surface area (Å²) in [5, 5.41) is 10.8. The van der Waals surface area contributed by atoms with Gasteiger partial charge in [0.15, 0.2) is 0 Å². The summed E-state index contributed by atoms with van der Waals surface area (Å²) in [6.45, 7) is 1.75. The molecule has 0 aliphatic rings. The molecule has 0 saturated carbocycles. The Kier molecular flexibility index (Phi) is 4.92. The van der Waals surface area contributed by atoms with Gasteiger partial charge in [0.1, 0.15) is 0 Å². The maximum absolute atomic E-state index is 10.1. The number of carbonyl (C=O) groups is 1. The van der Waals surface area contributed by atoms with Gasteiger partial charge in [-0.25, -0.2) is 4.98 Å². The first-order valence-corrected chi connectivity index (χ1v) is 3.15. The van der Waals surface area contributed by atoms with Crippen LogP contribution in [0, 0.1) is 6.92 Å². The van der Waals surface area contributed by atoms with Crippen molar-refractivity contribution in [1.29, 1.82) is 0 Å². The number of carboxylic acid groups (broad SMARTS) is 1. The molecule has 0 unspecified atom stereocenters. The number of aryl methyl sites for hydroxylation is 1. The van der Waals surface area contributed by atoms with Gasteiger partial charge in [0, 0.05) is 6.20 Å². The van der Waals surface area contributed by atoms with Gasteiger partial charge in [-0.3, -0.25) is 0 Å². The van der Waals surface area contributed by atoms with Gasteiger partial charge in [-0.15, -0.1) is 11.3 Å².